The average molecular weight is 286 g/mol. The van der Waals surface area contributed by atoms with E-state index in [1.807, 2.05) is 0 Å². The molecule has 3 rings (SSSR count). The van der Waals surface area contributed by atoms with Crippen LogP contribution in [-0.4, -0.2) is 36.7 Å². The fraction of sp³-hybridized carbons (Fsp3) is 0.500. The molecule has 0 saturated carbocycles. The summed E-state index contributed by atoms with van der Waals surface area (Å²) in [5, 5.41) is 11.5. The van der Waals surface area contributed by atoms with Crippen LogP contribution in [0.25, 0.3) is 0 Å². The molecule has 0 saturated heterocycles. The molecule has 2 aromatic rings. The number of amides is 1. The molecule has 1 aliphatic rings. The molecule has 7 nitrogen and oxygen atoms in total. The third-order valence-electron chi connectivity index (χ3n) is 3.62. The van der Waals surface area contributed by atoms with Gasteiger partial charge in [-0.3, -0.25) is 9.78 Å². The van der Waals surface area contributed by atoms with Gasteiger partial charge in [-0.25, -0.2) is 4.98 Å². The maximum atomic E-state index is 12.1. The molecule has 3 heterocycles. The third kappa shape index (κ3) is 2.76. The molecular weight excluding hydrogens is 268 g/mol. The molecule has 0 radical (unpaired) electrons. The van der Waals surface area contributed by atoms with Gasteiger partial charge in [0.15, 0.2) is 0 Å². The third-order valence-corrected chi connectivity index (χ3v) is 3.62. The molecule has 21 heavy (non-hydrogen) atoms. The van der Waals surface area contributed by atoms with Crippen LogP contribution in [0.2, 0.25) is 0 Å². The number of carbonyl (C=O) groups excluding carboxylic acids is 1. The van der Waals surface area contributed by atoms with Gasteiger partial charge in [0.1, 0.15) is 17.3 Å². The van der Waals surface area contributed by atoms with Crippen molar-refractivity contribution >= 4 is 5.91 Å². The highest BCUT2D eigenvalue weighted by Gasteiger charge is 2.25. The second kappa shape index (κ2) is 5.59. The average Bonchev–Trinajstić information content (AvgIpc) is 2.91. The Bertz CT molecular complexity index is 636. The zero-order valence-corrected chi connectivity index (χ0v) is 12.2. The molecular formula is C14H18N6O. The summed E-state index contributed by atoms with van der Waals surface area (Å²) < 4.78 is 2.12. The van der Waals surface area contributed by atoms with Gasteiger partial charge in [0.05, 0.1) is 6.20 Å². The quantitative estimate of drug-likeness (QED) is 0.907. The molecule has 7 heteroatoms. The van der Waals surface area contributed by atoms with Crippen molar-refractivity contribution in [1.29, 1.82) is 0 Å². The van der Waals surface area contributed by atoms with Crippen LogP contribution < -0.4 is 5.32 Å². The minimum atomic E-state index is -0.185. The summed E-state index contributed by atoms with van der Waals surface area (Å²) in [6.45, 7) is 4.90. The Morgan fingerprint density at radius 3 is 2.95 bits per heavy atom. The van der Waals surface area contributed by atoms with E-state index in [0.29, 0.717) is 18.2 Å². The summed E-state index contributed by atoms with van der Waals surface area (Å²) in [5.74, 6) is 2.11. The summed E-state index contributed by atoms with van der Waals surface area (Å²) in [5.41, 5.74) is 0.344. The van der Waals surface area contributed by atoms with Crippen molar-refractivity contribution in [3.8, 4) is 0 Å². The highest BCUT2D eigenvalue weighted by atomic mass is 16.1. The van der Waals surface area contributed by atoms with Gasteiger partial charge in [0, 0.05) is 37.3 Å². The number of aryl methyl sites for hydroxylation is 1. The number of aromatic nitrogens is 5. The van der Waals surface area contributed by atoms with Crippen LogP contribution in [0.4, 0.5) is 0 Å². The summed E-state index contributed by atoms with van der Waals surface area (Å²) in [4.78, 5) is 20.1. The number of hydrogen-bond acceptors (Lipinski definition) is 5. The van der Waals surface area contributed by atoms with Crippen LogP contribution in [0.1, 0.15) is 48.3 Å². The zero-order chi connectivity index (χ0) is 14.8. The molecule has 0 aliphatic carbocycles. The molecule has 0 spiro atoms. The van der Waals surface area contributed by atoms with E-state index in [2.05, 4.69) is 43.9 Å². The van der Waals surface area contributed by atoms with Gasteiger partial charge in [-0.15, -0.1) is 10.2 Å². The monoisotopic (exact) mass is 286 g/mol. The first-order valence-electron chi connectivity index (χ1n) is 7.14. The predicted molar refractivity (Wildman–Crippen MR) is 75.7 cm³/mol. The molecule has 0 unspecified atom stereocenters. The van der Waals surface area contributed by atoms with E-state index in [4.69, 9.17) is 0 Å². The number of hydrogen-bond donors (Lipinski definition) is 1. The van der Waals surface area contributed by atoms with Crippen LogP contribution >= 0.6 is 0 Å². The lowest BCUT2D eigenvalue weighted by molar-refractivity contribution is 0.0921. The maximum Gasteiger partial charge on any atom is 0.271 e. The molecule has 1 atom stereocenters. The summed E-state index contributed by atoms with van der Waals surface area (Å²) in [6, 6.07) is 0.0699. The molecule has 2 aromatic heterocycles. The maximum absolute atomic E-state index is 12.1. The number of rotatable bonds is 3. The van der Waals surface area contributed by atoms with Gasteiger partial charge in [0.25, 0.3) is 5.91 Å². The molecule has 0 fully saturated rings. The highest BCUT2D eigenvalue weighted by Crippen LogP contribution is 2.20. The summed E-state index contributed by atoms with van der Waals surface area (Å²) in [7, 11) is 0. The second-order valence-electron chi connectivity index (χ2n) is 5.54. The summed E-state index contributed by atoms with van der Waals surface area (Å²) in [6.07, 6.45) is 6.23. The summed E-state index contributed by atoms with van der Waals surface area (Å²) >= 11 is 0. The predicted octanol–water partition coefficient (Wildman–Crippen LogP) is 0.936. The van der Waals surface area contributed by atoms with Gasteiger partial charge in [-0.2, -0.15) is 0 Å². The Morgan fingerprint density at radius 2 is 2.24 bits per heavy atom. The van der Waals surface area contributed by atoms with Crippen LogP contribution in [0, 0.1) is 0 Å². The smallest absolute Gasteiger partial charge is 0.271 e. The van der Waals surface area contributed by atoms with Crippen molar-refractivity contribution in [3.63, 3.8) is 0 Å². The van der Waals surface area contributed by atoms with E-state index in [-0.39, 0.29) is 11.9 Å². The van der Waals surface area contributed by atoms with E-state index in [9.17, 15) is 4.79 Å². The van der Waals surface area contributed by atoms with Crippen molar-refractivity contribution in [2.24, 2.45) is 0 Å². The van der Waals surface area contributed by atoms with Crippen molar-refractivity contribution < 1.29 is 4.79 Å². The van der Waals surface area contributed by atoms with Crippen LogP contribution in [0.15, 0.2) is 18.6 Å². The number of carbonyl (C=O) groups is 1. The lowest BCUT2D eigenvalue weighted by atomic mass is 10.1. The lowest BCUT2D eigenvalue weighted by Crippen LogP contribution is -2.41. The first-order valence-corrected chi connectivity index (χ1v) is 7.14. The molecule has 0 bridgehead atoms. The van der Waals surface area contributed by atoms with Crippen LogP contribution in [0.3, 0.4) is 0 Å². The van der Waals surface area contributed by atoms with E-state index >= 15 is 0 Å². The van der Waals surface area contributed by atoms with Gasteiger partial charge < -0.3 is 9.88 Å². The molecule has 0 aromatic carbocycles. The van der Waals surface area contributed by atoms with Gasteiger partial charge in [-0.1, -0.05) is 13.8 Å². The van der Waals surface area contributed by atoms with E-state index < -0.39 is 0 Å². The highest BCUT2D eigenvalue weighted by molar-refractivity contribution is 5.92. The van der Waals surface area contributed by atoms with Crippen molar-refractivity contribution in [1.82, 2.24) is 30.0 Å². The van der Waals surface area contributed by atoms with E-state index in [1.165, 1.54) is 12.4 Å². The Morgan fingerprint density at radius 1 is 1.38 bits per heavy atom. The van der Waals surface area contributed by atoms with Crippen LogP contribution in [-0.2, 0) is 13.0 Å². The molecule has 1 N–H and O–H groups in total. The van der Waals surface area contributed by atoms with E-state index in [0.717, 1.165) is 24.5 Å². The topological polar surface area (TPSA) is 85.6 Å². The van der Waals surface area contributed by atoms with Crippen molar-refractivity contribution in [2.45, 2.75) is 45.2 Å². The fourth-order valence-corrected chi connectivity index (χ4v) is 2.57. The van der Waals surface area contributed by atoms with Gasteiger partial charge in [-0.05, 0) is 6.42 Å². The zero-order valence-electron chi connectivity index (χ0n) is 12.2. The lowest BCUT2D eigenvalue weighted by Gasteiger charge is -2.25. The molecule has 110 valence electrons. The largest absolute Gasteiger partial charge is 0.346 e. The standard InChI is InChI=1S/C14H18N6O/c1-9(2)13-19-18-12-4-3-10(8-20(12)13)17-14(21)11-7-15-5-6-16-11/h5-7,9-10H,3-4,8H2,1-2H3,(H,17,21)/t10-/m1/s1. The second-order valence-corrected chi connectivity index (χ2v) is 5.54. The van der Waals surface area contributed by atoms with Crippen LogP contribution in [0.5, 0.6) is 0 Å². The number of fused-ring (bicyclic) bond motifs is 1. The minimum absolute atomic E-state index is 0.0699. The Balaban J connectivity index is 1.72. The Labute approximate surface area is 122 Å². The van der Waals surface area contributed by atoms with Gasteiger partial charge >= 0.3 is 0 Å². The van der Waals surface area contributed by atoms with Crippen molar-refractivity contribution in [3.05, 3.63) is 35.9 Å². The molecule has 1 amide bonds. The van der Waals surface area contributed by atoms with E-state index in [1.54, 1.807) is 6.20 Å². The normalized spacial score (nSPS) is 17.6. The van der Waals surface area contributed by atoms with Crippen molar-refractivity contribution in [2.75, 3.05) is 0 Å². The Kier molecular flexibility index (Phi) is 3.64. The minimum Gasteiger partial charge on any atom is -0.346 e. The first-order chi connectivity index (χ1) is 10.1. The SMILES string of the molecule is CC(C)c1nnc2n1C[C@H](NC(=O)c1cnccn1)CC2. The fourth-order valence-electron chi connectivity index (χ4n) is 2.57. The number of nitrogens with zero attached hydrogens (tertiary/aromatic N) is 5. The molecule has 1 aliphatic heterocycles. The number of nitrogens with one attached hydrogen (secondary N) is 1. The Hall–Kier alpha value is -2.31. The van der Waals surface area contributed by atoms with Gasteiger partial charge in [0.2, 0.25) is 0 Å². The first kappa shape index (κ1) is 13.7.